The molecular formula is C27H29ClN6O9S3. The lowest BCUT2D eigenvalue weighted by molar-refractivity contribution is -0.385. The van der Waals surface area contributed by atoms with Crippen LogP contribution < -0.4 is 10.0 Å². The minimum Gasteiger partial charge on any atom is -0.507 e. The molecule has 0 aliphatic carbocycles. The number of hydrogen-bond acceptors (Lipinski definition) is 12. The van der Waals surface area contributed by atoms with Crippen LogP contribution in [0.1, 0.15) is 6.92 Å². The summed E-state index contributed by atoms with van der Waals surface area (Å²) in [5, 5.41) is 32.8. The van der Waals surface area contributed by atoms with E-state index in [9.17, 15) is 40.5 Å². The van der Waals surface area contributed by atoms with Crippen molar-refractivity contribution >= 4 is 75.8 Å². The van der Waals surface area contributed by atoms with Crippen LogP contribution in [0.3, 0.4) is 0 Å². The largest absolute Gasteiger partial charge is 0.507 e. The van der Waals surface area contributed by atoms with E-state index in [1.165, 1.54) is 55.6 Å². The number of nitro groups is 1. The van der Waals surface area contributed by atoms with E-state index in [4.69, 9.17) is 0 Å². The van der Waals surface area contributed by atoms with Gasteiger partial charge >= 0.3 is 0 Å². The molecule has 4 rings (SSSR count). The van der Waals surface area contributed by atoms with E-state index in [2.05, 4.69) is 20.3 Å². The Morgan fingerprint density at radius 1 is 0.891 bits per heavy atom. The molecule has 0 fully saturated rings. The van der Waals surface area contributed by atoms with E-state index >= 15 is 0 Å². The molecule has 4 aromatic carbocycles. The first kappa shape index (κ1) is 36.3. The van der Waals surface area contributed by atoms with Crippen LogP contribution in [-0.2, 0) is 29.9 Å². The number of nitro benzene ring substituents is 1. The minimum atomic E-state index is -4.42. The van der Waals surface area contributed by atoms with Crippen LogP contribution in [0, 0.1) is 10.1 Å². The van der Waals surface area contributed by atoms with Gasteiger partial charge in [0, 0.05) is 36.2 Å². The minimum absolute atomic E-state index is 0. The summed E-state index contributed by atoms with van der Waals surface area (Å²) < 4.78 is 81.4. The van der Waals surface area contributed by atoms with Crippen molar-refractivity contribution in [2.75, 3.05) is 25.1 Å². The number of aromatic hydroxyl groups is 1. The van der Waals surface area contributed by atoms with Gasteiger partial charge < -0.3 is 10.4 Å². The number of sulfone groups is 1. The van der Waals surface area contributed by atoms with E-state index in [0.29, 0.717) is 0 Å². The van der Waals surface area contributed by atoms with Gasteiger partial charge in [-0.3, -0.25) is 14.8 Å². The number of rotatable bonds is 11. The molecule has 0 saturated carbocycles. The number of fused-ring (bicyclic) bond motifs is 1. The van der Waals surface area contributed by atoms with Gasteiger partial charge in [0.05, 0.1) is 32.3 Å². The van der Waals surface area contributed by atoms with Gasteiger partial charge in [-0.25, -0.2) is 25.3 Å². The summed E-state index contributed by atoms with van der Waals surface area (Å²) in [6, 6.07) is 14.7. The van der Waals surface area contributed by atoms with Crippen LogP contribution >= 0.6 is 12.4 Å². The number of hydrogen-bond donors (Lipinski definition) is 3. The highest BCUT2D eigenvalue weighted by Gasteiger charge is 2.27. The number of anilines is 1. The summed E-state index contributed by atoms with van der Waals surface area (Å²) in [5.74, 6) is -0.230. The average molecular weight is 713 g/mol. The van der Waals surface area contributed by atoms with Crippen LogP contribution in [0.2, 0.25) is 0 Å². The van der Waals surface area contributed by atoms with E-state index in [0.717, 1.165) is 34.8 Å². The van der Waals surface area contributed by atoms with Gasteiger partial charge in [-0.15, -0.1) is 22.6 Å². The molecule has 0 spiro atoms. The molecule has 0 aliphatic heterocycles. The number of sulfonamides is 2. The zero-order chi connectivity index (χ0) is 33.3. The Balaban J connectivity index is 0.00000576. The smallest absolute Gasteiger partial charge is 0.270 e. The quantitative estimate of drug-likeness (QED) is 0.0844. The Kier molecular flexibility index (Phi) is 10.8. The number of halogens is 1. The van der Waals surface area contributed by atoms with Crippen LogP contribution in [0.4, 0.5) is 22.7 Å². The Bertz CT molecular complexity index is 2180. The molecule has 0 aliphatic rings. The monoisotopic (exact) mass is 712 g/mol. The van der Waals surface area contributed by atoms with Gasteiger partial charge in [0.1, 0.15) is 16.3 Å². The lowest BCUT2D eigenvalue weighted by Crippen LogP contribution is -2.42. The highest BCUT2D eigenvalue weighted by atomic mass is 35.5. The van der Waals surface area contributed by atoms with Gasteiger partial charge in [0.25, 0.3) is 15.7 Å². The predicted molar refractivity (Wildman–Crippen MR) is 174 cm³/mol. The molecule has 0 saturated heterocycles. The highest BCUT2D eigenvalue weighted by molar-refractivity contribution is 7.93. The van der Waals surface area contributed by atoms with Crippen molar-refractivity contribution in [2.24, 2.45) is 10.2 Å². The lowest BCUT2D eigenvalue weighted by Gasteiger charge is -2.24. The fraction of sp³-hybridized carbons (Fsp3) is 0.185. The van der Waals surface area contributed by atoms with Crippen molar-refractivity contribution in [1.82, 2.24) is 9.62 Å². The standard InChI is InChI=1S/C27H28N6O9S3.ClH/c1-17(28-2)32(3)45(41,42)20-8-5-7-19(16-20)44(39,40)31-24-10-6-9-21-25(34)14-13-23(27(21)24)30-29-22-12-11-18(33(35)36)15-26(22)43(4,37)38;/h5-17,28,31,34H,1-4H3;1H. The molecule has 19 heteroatoms. The maximum Gasteiger partial charge on any atom is 0.270 e. The van der Waals surface area contributed by atoms with E-state index in [1.54, 1.807) is 14.0 Å². The molecule has 0 heterocycles. The molecule has 3 N–H and O–H groups in total. The van der Waals surface area contributed by atoms with Crippen molar-refractivity contribution in [1.29, 1.82) is 0 Å². The van der Waals surface area contributed by atoms with Gasteiger partial charge in [0.15, 0.2) is 9.84 Å². The van der Waals surface area contributed by atoms with Crippen molar-refractivity contribution < 1.29 is 35.3 Å². The number of nitrogens with zero attached hydrogens (tertiary/aromatic N) is 4. The second kappa shape index (κ2) is 13.7. The van der Waals surface area contributed by atoms with E-state index in [1.807, 2.05) is 0 Å². The second-order valence-corrected chi connectivity index (χ2v) is 15.4. The number of azo groups is 1. The summed E-state index contributed by atoms with van der Waals surface area (Å²) >= 11 is 0. The predicted octanol–water partition coefficient (Wildman–Crippen LogP) is 4.68. The van der Waals surface area contributed by atoms with E-state index in [-0.39, 0.29) is 55.8 Å². The maximum absolute atomic E-state index is 13.5. The van der Waals surface area contributed by atoms with Crippen LogP contribution in [0.15, 0.2) is 97.7 Å². The number of nitrogens with one attached hydrogen (secondary N) is 2. The molecule has 1 unspecified atom stereocenters. The fourth-order valence-electron chi connectivity index (χ4n) is 4.21. The SMILES string of the molecule is CNC(C)N(C)S(=O)(=O)c1cccc(S(=O)(=O)Nc2cccc3c(O)ccc(N=Nc4ccc([N+](=O)[O-])cc4S(C)(=O)=O)c23)c1.Cl. The highest BCUT2D eigenvalue weighted by Crippen LogP contribution is 2.40. The first-order valence-electron chi connectivity index (χ1n) is 12.9. The zero-order valence-electron chi connectivity index (χ0n) is 24.6. The van der Waals surface area contributed by atoms with Gasteiger partial charge in [-0.05, 0) is 56.4 Å². The number of benzene rings is 4. The van der Waals surface area contributed by atoms with Gasteiger partial charge in [0.2, 0.25) is 10.0 Å². The summed E-state index contributed by atoms with van der Waals surface area (Å²) in [7, 11) is -9.53. The molecule has 0 amide bonds. The molecule has 246 valence electrons. The Labute approximate surface area is 271 Å². The van der Waals surface area contributed by atoms with Crippen molar-refractivity contribution in [2.45, 2.75) is 27.8 Å². The zero-order valence-corrected chi connectivity index (χ0v) is 27.9. The third-order valence-corrected chi connectivity index (χ3v) is 11.2. The first-order chi connectivity index (χ1) is 21.0. The molecule has 1 atom stereocenters. The van der Waals surface area contributed by atoms with Crippen LogP contribution in [0.25, 0.3) is 10.8 Å². The number of phenols is 1. The summed E-state index contributed by atoms with van der Waals surface area (Å²) in [6.07, 6.45) is 0.275. The summed E-state index contributed by atoms with van der Waals surface area (Å²) in [4.78, 5) is 9.35. The van der Waals surface area contributed by atoms with Gasteiger partial charge in [-0.2, -0.15) is 4.31 Å². The van der Waals surface area contributed by atoms with Crippen molar-refractivity contribution in [3.8, 4) is 5.75 Å². The number of non-ortho nitro benzene ring substituents is 1. The lowest BCUT2D eigenvalue weighted by atomic mass is 10.1. The van der Waals surface area contributed by atoms with Crippen molar-refractivity contribution in [3.63, 3.8) is 0 Å². The Morgan fingerprint density at radius 2 is 1.50 bits per heavy atom. The topological polar surface area (TPSA) is 218 Å². The summed E-state index contributed by atoms with van der Waals surface area (Å²) in [5.41, 5.74) is -0.726. The van der Waals surface area contributed by atoms with E-state index < -0.39 is 51.6 Å². The second-order valence-electron chi connectivity index (χ2n) is 9.78. The molecule has 15 nitrogen and oxygen atoms in total. The Morgan fingerprint density at radius 3 is 2.13 bits per heavy atom. The number of phenolic OH excluding ortho intramolecular Hbond substituents is 1. The normalized spacial score (nSPS) is 13.1. The average Bonchev–Trinajstić information content (AvgIpc) is 2.99. The van der Waals surface area contributed by atoms with Crippen LogP contribution in [-0.4, -0.2) is 66.1 Å². The van der Waals surface area contributed by atoms with Crippen LogP contribution in [0.5, 0.6) is 5.75 Å². The molecule has 0 aromatic heterocycles. The summed E-state index contributed by atoms with van der Waals surface area (Å²) in [6.45, 7) is 1.62. The Hall–Kier alpha value is -4.20. The maximum atomic E-state index is 13.5. The molecule has 4 aromatic rings. The molecule has 0 bridgehead atoms. The first-order valence-corrected chi connectivity index (χ1v) is 17.7. The van der Waals surface area contributed by atoms with Crippen molar-refractivity contribution in [3.05, 3.63) is 82.9 Å². The van der Waals surface area contributed by atoms with Gasteiger partial charge in [-0.1, -0.05) is 18.2 Å². The molecule has 46 heavy (non-hydrogen) atoms. The molecular weight excluding hydrogens is 684 g/mol. The third kappa shape index (κ3) is 7.43. The fourth-order valence-corrected chi connectivity index (χ4v) is 7.60. The molecule has 0 radical (unpaired) electrons. The third-order valence-electron chi connectivity index (χ3n) is 6.82.